The van der Waals surface area contributed by atoms with E-state index in [4.69, 9.17) is 15.6 Å². The summed E-state index contributed by atoms with van der Waals surface area (Å²) in [7, 11) is 1.98. The van der Waals surface area contributed by atoms with Crippen molar-refractivity contribution in [2.24, 2.45) is 0 Å². The minimum Gasteiger partial charge on any atom is -0.378 e. The van der Waals surface area contributed by atoms with E-state index in [-0.39, 0.29) is 23.3 Å². The lowest BCUT2D eigenvalue weighted by molar-refractivity contribution is -0.138. The van der Waals surface area contributed by atoms with Crippen LogP contribution < -0.4 is 20.6 Å². The summed E-state index contributed by atoms with van der Waals surface area (Å²) in [6.07, 6.45) is -0.598. The van der Waals surface area contributed by atoms with Crippen molar-refractivity contribution >= 4 is 29.6 Å². The monoisotopic (exact) mass is 615 g/mol. The Morgan fingerprint density at radius 2 is 1.70 bits per heavy atom. The highest BCUT2D eigenvalue weighted by molar-refractivity contribution is 6.07. The lowest BCUT2D eigenvalue weighted by atomic mass is 10.0. The van der Waals surface area contributed by atoms with Crippen LogP contribution in [0.2, 0.25) is 0 Å². The molecule has 5 rings (SSSR count). The van der Waals surface area contributed by atoms with Gasteiger partial charge in [-0.25, -0.2) is 14.4 Å². The van der Waals surface area contributed by atoms with Crippen LogP contribution in [0.15, 0.2) is 36.8 Å². The van der Waals surface area contributed by atoms with Crippen LogP contribution in [0.4, 0.5) is 34.9 Å². The molecule has 2 aliphatic rings. The summed E-state index contributed by atoms with van der Waals surface area (Å²) in [6, 6.07) is 3.27. The summed E-state index contributed by atoms with van der Waals surface area (Å²) >= 11 is 0. The summed E-state index contributed by atoms with van der Waals surface area (Å²) < 4.78 is 63.8. The SMILES string of the molecule is CC1CN(c2cc(F)c(-c3cnc(N4CCOCC4)nc3)cc2NC(=O)c2cn(C=N)c(=N)cc2C(F)(F)F)CC(C)N1C. The van der Waals surface area contributed by atoms with Gasteiger partial charge in [0.15, 0.2) is 0 Å². The molecule has 0 radical (unpaired) electrons. The number of likely N-dealkylation sites (N-methyl/N-ethyl adjacent to an activating group) is 1. The maximum atomic E-state index is 15.8. The number of nitrogens with zero attached hydrogens (tertiary/aromatic N) is 6. The first-order chi connectivity index (χ1) is 20.9. The van der Waals surface area contributed by atoms with Gasteiger partial charge in [-0.1, -0.05) is 0 Å². The molecular weight excluding hydrogens is 582 g/mol. The predicted molar refractivity (Wildman–Crippen MR) is 157 cm³/mol. The third kappa shape index (κ3) is 6.28. The number of alkyl halides is 3. The molecule has 3 N–H and O–H groups in total. The number of anilines is 3. The largest absolute Gasteiger partial charge is 0.417 e. The Morgan fingerprint density at radius 1 is 1.07 bits per heavy atom. The average Bonchev–Trinajstić information content (AvgIpc) is 3.00. The van der Waals surface area contributed by atoms with E-state index in [0.29, 0.717) is 69.0 Å². The highest BCUT2D eigenvalue weighted by atomic mass is 19.4. The zero-order valence-electron chi connectivity index (χ0n) is 24.5. The molecule has 2 aromatic heterocycles. The van der Waals surface area contributed by atoms with Crippen LogP contribution in [-0.2, 0) is 10.9 Å². The van der Waals surface area contributed by atoms with Crippen LogP contribution >= 0.6 is 0 Å². The molecule has 0 bridgehead atoms. The molecule has 0 spiro atoms. The maximum Gasteiger partial charge on any atom is 0.417 e. The van der Waals surface area contributed by atoms with E-state index in [0.717, 1.165) is 10.8 Å². The van der Waals surface area contributed by atoms with Gasteiger partial charge in [-0.3, -0.25) is 25.1 Å². The van der Waals surface area contributed by atoms with Crippen molar-refractivity contribution < 1.29 is 27.1 Å². The van der Waals surface area contributed by atoms with Crippen LogP contribution in [-0.4, -0.2) is 90.2 Å². The molecule has 2 fully saturated rings. The average molecular weight is 616 g/mol. The maximum absolute atomic E-state index is 15.8. The highest BCUT2D eigenvalue weighted by Crippen LogP contribution is 2.37. The number of halogens is 4. The third-order valence-electron chi connectivity index (χ3n) is 8.08. The van der Waals surface area contributed by atoms with Gasteiger partial charge in [-0.2, -0.15) is 13.2 Å². The summed E-state index contributed by atoms with van der Waals surface area (Å²) in [6.45, 7) is 7.27. The number of hydrogen-bond donors (Lipinski definition) is 3. The molecule has 11 nitrogen and oxygen atoms in total. The van der Waals surface area contributed by atoms with E-state index in [9.17, 15) is 18.0 Å². The van der Waals surface area contributed by atoms with E-state index in [1.54, 1.807) is 0 Å². The Kier molecular flexibility index (Phi) is 8.70. The van der Waals surface area contributed by atoms with Gasteiger partial charge >= 0.3 is 6.18 Å². The fourth-order valence-electron chi connectivity index (χ4n) is 5.41. The Labute approximate surface area is 251 Å². The van der Waals surface area contributed by atoms with Crippen molar-refractivity contribution in [1.82, 2.24) is 19.4 Å². The van der Waals surface area contributed by atoms with Crippen LogP contribution in [0.1, 0.15) is 29.8 Å². The summed E-state index contributed by atoms with van der Waals surface area (Å²) in [5.74, 6) is -1.28. The Bertz CT molecular complexity index is 1590. The molecule has 2 atom stereocenters. The second kappa shape index (κ2) is 12.3. The van der Waals surface area contributed by atoms with Gasteiger partial charge < -0.3 is 19.9 Å². The summed E-state index contributed by atoms with van der Waals surface area (Å²) in [5, 5.41) is 17.8. The minimum atomic E-state index is -4.94. The zero-order valence-corrected chi connectivity index (χ0v) is 24.5. The summed E-state index contributed by atoms with van der Waals surface area (Å²) in [5.41, 5.74) is -1.95. The van der Waals surface area contributed by atoms with Gasteiger partial charge in [-0.15, -0.1) is 0 Å². The van der Waals surface area contributed by atoms with Gasteiger partial charge in [0.2, 0.25) is 5.95 Å². The second-order valence-electron chi connectivity index (χ2n) is 11.0. The topological polar surface area (TPSA) is 126 Å². The fraction of sp³-hybridized carbons (Fsp3) is 0.414. The lowest BCUT2D eigenvalue weighted by Crippen LogP contribution is -2.55. The number of benzene rings is 1. The van der Waals surface area contributed by atoms with Crippen molar-refractivity contribution in [3.8, 4) is 11.1 Å². The van der Waals surface area contributed by atoms with Gasteiger partial charge in [0.25, 0.3) is 5.91 Å². The zero-order chi connectivity index (χ0) is 31.8. The quantitative estimate of drug-likeness (QED) is 0.220. The minimum absolute atomic E-state index is 0.0555. The first kappa shape index (κ1) is 31.1. The molecule has 0 aliphatic carbocycles. The predicted octanol–water partition coefficient (Wildman–Crippen LogP) is 3.66. The Hall–Kier alpha value is -4.37. The van der Waals surface area contributed by atoms with Crippen molar-refractivity contribution in [3.05, 3.63) is 59.2 Å². The number of piperazine rings is 1. The summed E-state index contributed by atoms with van der Waals surface area (Å²) in [4.78, 5) is 28.3. The number of nitrogens with one attached hydrogen (secondary N) is 3. The second-order valence-corrected chi connectivity index (χ2v) is 11.0. The van der Waals surface area contributed by atoms with E-state index >= 15 is 4.39 Å². The van der Waals surface area contributed by atoms with Gasteiger partial charge in [0.05, 0.1) is 42.1 Å². The van der Waals surface area contributed by atoms with Crippen LogP contribution in [0.5, 0.6) is 0 Å². The van der Waals surface area contributed by atoms with Crippen molar-refractivity contribution in [2.75, 3.05) is 61.6 Å². The van der Waals surface area contributed by atoms with E-state index in [2.05, 4.69) is 20.2 Å². The molecule has 2 aliphatic heterocycles. The highest BCUT2D eigenvalue weighted by Gasteiger charge is 2.36. The molecule has 15 heteroatoms. The van der Waals surface area contributed by atoms with Gasteiger partial charge in [0, 0.05) is 68.0 Å². The number of pyridine rings is 1. The number of hydrogen-bond acceptors (Lipinski definition) is 9. The van der Waals surface area contributed by atoms with E-state index in [1.165, 1.54) is 24.5 Å². The normalized spacial score (nSPS) is 19.6. The van der Waals surface area contributed by atoms with Gasteiger partial charge in [-0.05, 0) is 39.1 Å². The fourth-order valence-corrected chi connectivity index (χ4v) is 5.41. The Morgan fingerprint density at radius 3 is 2.30 bits per heavy atom. The van der Waals surface area contributed by atoms with E-state index < -0.39 is 34.5 Å². The molecular formula is C29H33F4N9O2. The molecule has 1 amide bonds. The molecule has 4 heterocycles. The van der Waals surface area contributed by atoms with Crippen molar-refractivity contribution in [3.63, 3.8) is 0 Å². The number of rotatable bonds is 6. The number of carbonyl (C=O) groups excluding carboxylic acids is 1. The number of amides is 1. The molecule has 0 saturated carbocycles. The first-order valence-electron chi connectivity index (χ1n) is 14.0. The molecule has 3 aromatic rings. The molecule has 1 aromatic carbocycles. The van der Waals surface area contributed by atoms with Gasteiger partial charge in [0.1, 0.15) is 11.3 Å². The number of morpholine rings is 1. The molecule has 2 saturated heterocycles. The number of ether oxygens (including phenoxy) is 1. The standard InChI is InChI=1S/C29H33F4N9O2/c1-17-13-41(14-18(2)39(17)3)25-10-23(30)20(19-11-36-28(37-12-19)40-4-6-44-7-5-40)8-24(25)38-27(43)21-15-42(16-34)26(35)9-22(21)29(31,32)33/h8-12,15-18,34-35H,4-7,13-14H2,1-3H3,(H,38,43). The molecule has 234 valence electrons. The third-order valence-corrected chi connectivity index (χ3v) is 8.08. The Balaban J connectivity index is 1.57. The lowest BCUT2D eigenvalue weighted by Gasteiger charge is -2.44. The number of carbonyl (C=O) groups is 1. The number of aromatic nitrogens is 3. The van der Waals surface area contributed by atoms with Crippen LogP contribution in [0.25, 0.3) is 11.1 Å². The van der Waals surface area contributed by atoms with E-state index in [1.807, 2.05) is 30.7 Å². The van der Waals surface area contributed by atoms with Crippen molar-refractivity contribution in [2.45, 2.75) is 32.1 Å². The van der Waals surface area contributed by atoms with Crippen LogP contribution in [0.3, 0.4) is 0 Å². The molecule has 2 unspecified atom stereocenters. The van der Waals surface area contributed by atoms with Crippen molar-refractivity contribution in [1.29, 1.82) is 10.8 Å². The smallest absolute Gasteiger partial charge is 0.378 e. The first-order valence-corrected chi connectivity index (χ1v) is 14.0. The molecule has 44 heavy (non-hydrogen) atoms. The van der Waals surface area contributed by atoms with Crippen LogP contribution in [0, 0.1) is 16.6 Å².